The molecule has 2 N–H and O–H groups in total. The van der Waals surface area contributed by atoms with E-state index in [0.29, 0.717) is 18.8 Å². The number of carbonyl (C=O) groups excluding carboxylic acids is 1. The standard InChI is InChI=1S/C18H25NO4/c1-11-8-12(2)10-15(9-11)16(18(21)22)19-17(20)13(3)14-4-6-23-7-5-14/h8-10,13-14,16H,4-7H2,1-3H3,(H,19,20)(H,21,22). The topological polar surface area (TPSA) is 75.6 Å². The molecule has 126 valence electrons. The van der Waals surface area contributed by atoms with E-state index in [1.165, 1.54) is 0 Å². The van der Waals surface area contributed by atoms with Gasteiger partial charge in [0.1, 0.15) is 0 Å². The molecule has 0 saturated carbocycles. The Morgan fingerprint density at radius 1 is 1.17 bits per heavy atom. The van der Waals surface area contributed by atoms with Crippen molar-refractivity contribution in [3.05, 3.63) is 34.9 Å². The number of amides is 1. The summed E-state index contributed by atoms with van der Waals surface area (Å²) < 4.78 is 5.32. The Balaban J connectivity index is 2.12. The van der Waals surface area contributed by atoms with Crippen molar-refractivity contribution in [3.8, 4) is 0 Å². The number of aryl methyl sites for hydroxylation is 2. The van der Waals surface area contributed by atoms with E-state index in [4.69, 9.17) is 4.74 Å². The van der Waals surface area contributed by atoms with Crippen molar-refractivity contribution in [2.45, 2.75) is 39.7 Å². The molecule has 1 fully saturated rings. The van der Waals surface area contributed by atoms with E-state index in [-0.39, 0.29) is 17.7 Å². The summed E-state index contributed by atoms with van der Waals surface area (Å²) in [6.45, 7) is 7.04. The molecular weight excluding hydrogens is 294 g/mol. The highest BCUT2D eigenvalue weighted by atomic mass is 16.5. The third kappa shape index (κ3) is 4.55. The highest BCUT2D eigenvalue weighted by molar-refractivity contribution is 5.85. The van der Waals surface area contributed by atoms with Gasteiger partial charge in [-0.25, -0.2) is 4.79 Å². The van der Waals surface area contributed by atoms with Gasteiger partial charge in [0.2, 0.25) is 5.91 Å². The second kappa shape index (κ2) is 7.59. The molecule has 0 aromatic heterocycles. The second-order valence-electron chi connectivity index (χ2n) is 6.44. The van der Waals surface area contributed by atoms with Crippen molar-refractivity contribution >= 4 is 11.9 Å². The maximum Gasteiger partial charge on any atom is 0.330 e. The van der Waals surface area contributed by atoms with E-state index >= 15 is 0 Å². The summed E-state index contributed by atoms with van der Waals surface area (Å²) in [5, 5.41) is 12.2. The monoisotopic (exact) mass is 319 g/mol. The molecule has 0 radical (unpaired) electrons. The van der Waals surface area contributed by atoms with Crippen molar-refractivity contribution in [3.63, 3.8) is 0 Å². The molecule has 2 rings (SSSR count). The fourth-order valence-electron chi connectivity index (χ4n) is 3.17. The average Bonchev–Trinajstić information content (AvgIpc) is 2.51. The van der Waals surface area contributed by atoms with Crippen molar-refractivity contribution < 1.29 is 19.4 Å². The number of benzene rings is 1. The van der Waals surface area contributed by atoms with Crippen LogP contribution in [-0.2, 0) is 14.3 Å². The first-order valence-corrected chi connectivity index (χ1v) is 8.07. The third-order valence-corrected chi connectivity index (χ3v) is 4.50. The van der Waals surface area contributed by atoms with Crippen LogP contribution in [0.15, 0.2) is 18.2 Å². The maximum absolute atomic E-state index is 12.5. The molecule has 0 aliphatic carbocycles. The Kier molecular flexibility index (Phi) is 5.77. The molecule has 1 aliphatic heterocycles. The molecule has 1 aromatic carbocycles. The summed E-state index contributed by atoms with van der Waals surface area (Å²) in [4.78, 5) is 24.1. The first-order chi connectivity index (χ1) is 10.9. The van der Waals surface area contributed by atoms with Crippen LogP contribution in [0.1, 0.15) is 42.5 Å². The van der Waals surface area contributed by atoms with Gasteiger partial charge in [0.15, 0.2) is 6.04 Å². The van der Waals surface area contributed by atoms with Gasteiger partial charge in [-0.15, -0.1) is 0 Å². The van der Waals surface area contributed by atoms with E-state index in [9.17, 15) is 14.7 Å². The lowest BCUT2D eigenvalue weighted by atomic mass is 9.86. The maximum atomic E-state index is 12.5. The van der Waals surface area contributed by atoms with Gasteiger partial charge >= 0.3 is 5.97 Å². The van der Waals surface area contributed by atoms with Gasteiger partial charge in [-0.3, -0.25) is 4.79 Å². The van der Waals surface area contributed by atoms with Crippen LogP contribution in [0.4, 0.5) is 0 Å². The van der Waals surface area contributed by atoms with Gasteiger partial charge < -0.3 is 15.2 Å². The molecule has 1 amide bonds. The smallest absolute Gasteiger partial charge is 0.330 e. The Hall–Kier alpha value is -1.88. The highest BCUT2D eigenvalue weighted by Crippen LogP contribution is 2.25. The van der Waals surface area contributed by atoms with E-state index in [1.807, 2.05) is 39.0 Å². The Bertz CT molecular complexity index is 558. The summed E-state index contributed by atoms with van der Waals surface area (Å²) in [6.07, 6.45) is 1.69. The Morgan fingerprint density at radius 2 is 1.74 bits per heavy atom. The molecule has 1 aliphatic rings. The Labute approximate surface area is 137 Å². The minimum atomic E-state index is -1.04. The number of aliphatic carboxylic acids is 1. The molecule has 5 nitrogen and oxygen atoms in total. The SMILES string of the molecule is Cc1cc(C)cc(C(NC(=O)C(C)C2CCOCC2)C(=O)O)c1. The first-order valence-electron chi connectivity index (χ1n) is 8.07. The molecule has 23 heavy (non-hydrogen) atoms. The normalized spacial score (nSPS) is 18.2. The fraction of sp³-hybridized carbons (Fsp3) is 0.556. The zero-order valence-corrected chi connectivity index (χ0v) is 14.0. The largest absolute Gasteiger partial charge is 0.479 e. The average molecular weight is 319 g/mol. The lowest BCUT2D eigenvalue weighted by molar-refractivity contribution is -0.143. The second-order valence-corrected chi connectivity index (χ2v) is 6.44. The summed E-state index contributed by atoms with van der Waals surface area (Å²) in [7, 11) is 0. The summed E-state index contributed by atoms with van der Waals surface area (Å²) in [5.74, 6) is -1.21. The van der Waals surface area contributed by atoms with Crippen molar-refractivity contribution in [2.24, 2.45) is 11.8 Å². The number of rotatable bonds is 5. The van der Waals surface area contributed by atoms with Gasteiger partial charge in [-0.1, -0.05) is 36.2 Å². The summed E-state index contributed by atoms with van der Waals surface area (Å²) in [5.41, 5.74) is 2.58. The van der Waals surface area contributed by atoms with Crippen molar-refractivity contribution in [1.29, 1.82) is 0 Å². The fourth-order valence-corrected chi connectivity index (χ4v) is 3.17. The van der Waals surface area contributed by atoms with Gasteiger partial charge in [0, 0.05) is 19.1 Å². The van der Waals surface area contributed by atoms with Crippen LogP contribution in [0, 0.1) is 25.7 Å². The zero-order valence-electron chi connectivity index (χ0n) is 14.0. The molecular formula is C18H25NO4. The van der Waals surface area contributed by atoms with Crippen LogP contribution >= 0.6 is 0 Å². The van der Waals surface area contributed by atoms with E-state index in [2.05, 4.69) is 5.32 Å². The van der Waals surface area contributed by atoms with Gasteiger partial charge in [0.05, 0.1) is 0 Å². The summed E-state index contributed by atoms with van der Waals surface area (Å²) in [6, 6.07) is 4.59. The third-order valence-electron chi connectivity index (χ3n) is 4.50. The molecule has 1 heterocycles. The van der Waals surface area contributed by atoms with Crippen molar-refractivity contribution in [1.82, 2.24) is 5.32 Å². The van der Waals surface area contributed by atoms with Gasteiger partial charge in [-0.05, 0) is 38.2 Å². The number of hydrogen-bond acceptors (Lipinski definition) is 3. The Morgan fingerprint density at radius 3 is 2.26 bits per heavy atom. The molecule has 0 bridgehead atoms. The van der Waals surface area contributed by atoms with Crippen LogP contribution in [0.2, 0.25) is 0 Å². The van der Waals surface area contributed by atoms with Crippen LogP contribution < -0.4 is 5.32 Å². The number of ether oxygens (including phenoxy) is 1. The lowest BCUT2D eigenvalue weighted by Gasteiger charge is -2.28. The quantitative estimate of drug-likeness (QED) is 0.875. The number of nitrogens with one attached hydrogen (secondary N) is 1. The van der Waals surface area contributed by atoms with Crippen LogP contribution in [0.5, 0.6) is 0 Å². The minimum absolute atomic E-state index is 0.205. The molecule has 2 unspecified atom stereocenters. The lowest BCUT2D eigenvalue weighted by Crippen LogP contribution is -2.40. The number of hydrogen-bond donors (Lipinski definition) is 2. The molecule has 1 aromatic rings. The van der Waals surface area contributed by atoms with E-state index in [1.54, 1.807) is 0 Å². The molecule has 2 atom stereocenters. The molecule has 1 saturated heterocycles. The molecule has 0 spiro atoms. The minimum Gasteiger partial charge on any atom is -0.479 e. The number of carboxylic acid groups (broad SMARTS) is 1. The first kappa shape index (κ1) is 17.5. The van der Waals surface area contributed by atoms with Crippen LogP contribution in [0.3, 0.4) is 0 Å². The van der Waals surface area contributed by atoms with Gasteiger partial charge in [0.25, 0.3) is 0 Å². The van der Waals surface area contributed by atoms with E-state index < -0.39 is 12.0 Å². The van der Waals surface area contributed by atoms with E-state index in [0.717, 1.165) is 24.0 Å². The highest BCUT2D eigenvalue weighted by Gasteiger charge is 2.30. The van der Waals surface area contributed by atoms with Crippen LogP contribution in [-0.4, -0.2) is 30.2 Å². The number of carbonyl (C=O) groups is 2. The van der Waals surface area contributed by atoms with Crippen molar-refractivity contribution in [2.75, 3.05) is 13.2 Å². The number of carboxylic acids is 1. The van der Waals surface area contributed by atoms with Crippen LogP contribution in [0.25, 0.3) is 0 Å². The summed E-state index contributed by atoms with van der Waals surface area (Å²) >= 11 is 0. The molecule has 5 heteroatoms. The van der Waals surface area contributed by atoms with Gasteiger partial charge in [-0.2, -0.15) is 0 Å². The zero-order chi connectivity index (χ0) is 17.0. The predicted molar refractivity (Wildman–Crippen MR) is 87.1 cm³/mol. The predicted octanol–water partition coefficient (Wildman–Crippen LogP) is 2.61.